The zero-order valence-electron chi connectivity index (χ0n) is 13.2. The molecule has 6 nitrogen and oxygen atoms in total. The van der Waals surface area contributed by atoms with Crippen molar-refractivity contribution >= 4 is 17.4 Å². The van der Waals surface area contributed by atoms with E-state index >= 15 is 0 Å². The summed E-state index contributed by atoms with van der Waals surface area (Å²) in [6.45, 7) is 4.01. The van der Waals surface area contributed by atoms with Crippen molar-refractivity contribution in [1.82, 2.24) is 9.78 Å². The average molecular weight is 333 g/mol. The lowest BCUT2D eigenvalue weighted by atomic mass is 9.71. The number of Topliss-reactive ketones (excluding diaryl/α,β-unsaturated/α-hetero) is 1. The van der Waals surface area contributed by atoms with Gasteiger partial charge in [-0.15, -0.1) is 0 Å². The Balaban J connectivity index is 2.24. The van der Waals surface area contributed by atoms with E-state index in [0.717, 1.165) is 0 Å². The second kappa shape index (κ2) is 5.14. The third-order valence-electron chi connectivity index (χ3n) is 4.29. The van der Waals surface area contributed by atoms with Crippen molar-refractivity contribution in [2.45, 2.75) is 32.6 Å². The Hall–Kier alpha value is -2.26. The monoisotopic (exact) mass is 332 g/mol. The Labute approximate surface area is 139 Å². The first-order valence-corrected chi connectivity index (χ1v) is 7.64. The number of carbonyl (C=O) groups excluding carboxylic acids is 1. The Bertz CT molecular complexity index is 791. The Kier molecular flexibility index (Phi) is 3.49. The first kappa shape index (κ1) is 15.6. The molecule has 1 aliphatic carbocycles. The van der Waals surface area contributed by atoms with Gasteiger partial charge in [0.15, 0.2) is 5.78 Å². The number of nitrogens with zero attached hydrogens (tertiary/aromatic N) is 3. The van der Waals surface area contributed by atoms with Crippen LogP contribution in [0.3, 0.4) is 0 Å². The molecular weight excluding hydrogens is 316 g/mol. The molecule has 120 valence electrons. The fourth-order valence-corrected chi connectivity index (χ4v) is 3.58. The van der Waals surface area contributed by atoms with Crippen LogP contribution in [0.1, 0.15) is 38.3 Å². The Morgan fingerprint density at radius 2 is 2.22 bits per heavy atom. The summed E-state index contributed by atoms with van der Waals surface area (Å²) in [4.78, 5) is 12.8. The summed E-state index contributed by atoms with van der Waals surface area (Å²) >= 11 is 6.25. The molecule has 1 aliphatic heterocycles. The number of aryl methyl sites for hydroxylation is 1. The zero-order chi connectivity index (χ0) is 16.9. The van der Waals surface area contributed by atoms with Crippen LogP contribution >= 0.6 is 11.6 Å². The molecular formula is C16H17ClN4O2. The van der Waals surface area contributed by atoms with Gasteiger partial charge in [-0.25, -0.2) is 0 Å². The van der Waals surface area contributed by atoms with Crippen LogP contribution in [0.25, 0.3) is 0 Å². The van der Waals surface area contributed by atoms with Gasteiger partial charge in [0.25, 0.3) is 0 Å². The molecule has 2 N–H and O–H groups in total. The number of aromatic nitrogens is 2. The molecule has 0 spiro atoms. The molecule has 2 aliphatic rings. The van der Waals surface area contributed by atoms with Gasteiger partial charge in [0, 0.05) is 25.5 Å². The molecule has 0 saturated heterocycles. The normalized spacial score (nSPS) is 23.4. The lowest BCUT2D eigenvalue weighted by Crippen LogP contribution is -2.34. The van der Waals surface area contributed by atoms with E-state index < -0.39 is 5.92 Å². The summed E-state index contributed by atoms with van der Waals surface area (Å²) in [7, 11) is 1.72. The number of hydrogen-bond acceptors (Lipinski definition) is 5. The summed E-state index contributed by atoms with van der Waals surface area (Å²) in [5, 5.41) is 14.0. The smallest absolute Gasteiger partial charge is 0.205 e. The number of ether oxygens (including phenoxy) is 1. The maximum absolute atomic E-state index is 12.8. The highest BCUT2D eigenvalue weighted by atomic mass is 35.5. The van der Waals surface area contributed by atoms with Crippen LogP contribution in [0, 0.1) is 16.7 Å². The van der Waals surface area contributed by atoms with Crippen LogP contribution < -0.4 is 5.73 Å². The van der Waals surface area contributed by atoms with Gasteiger partial charge in [0.05, 0.1) is 22.8 Å². The number of nitrogens with two attached hydrogens (primary N) is 1. The highest BCUT2D eigenvalue weighted by Gasteiger charge is 2.44. The van der Waals surface area contributed by atoms with E-state index in [-0.39, 0.29) is 22.7 Å². The van der Waals surface area contributed by atoms with Gasteiger partial charge >= 0.3 is 0 Å². The lowest BCUT2D eigenvalue weighted by molar-refractivity contribution is -0.119. The zero-order valence-corrected chi connectivity index (χ0v) is 13.9. The summed E-state index contributed by atoms with van der Waals surface area (Å²) in [6.07, 6.45) is 2.47. The van der Waals surface area contributed by atoms with Gasteiger partial charge < -0.3 is 10.5 Å². The van der Waals surface area contributed by atoms with Gasteiger partial charge in [0.2, 0.25) is 5.88 Å². The summed E-state index contributed by atoms with van der Waals surface area (Å²) in [6, 6.07) is 2.06. The van der Waals surface area contributed by atoms with Gasteiger partial charge in [-0.05, 0) is 5.41 Å². The molecule has 0 unspecified atom stereocenters. The van der Waals surface area contributed by atoms with Crippen molar-refractivity contribution < 1.29 is 9.53 Å². The maximum atomic E-state index is 12.8. The molecule has 0 saturated carbocycles. The summed E-state index contributed by atoms with van der Waals surface area (Å²) < 4.78 is 7.20. The fraction of sp³-hybridized carbons (Fsp3) is 0.438. The first-order chi connectivity index (χ1) is 10.7. The number of rotatable bonds is 1. The van der Waals surface area contributed by atoms with Crippen molar-refractivity contribution in [2.75, 3.05) is 0 Å². The van der Waals surface area contributed by atoms with E-state index in [0.29, 0.717) is 34.9 Å². The van der Waals surface area contributed by atoms with E-state index in [9.17, 15) is 10.1 Å². The lowest BCUT2D eigenvalue weighted by Gasteiger charge is -2.37. The van der Waals surface area contributed by atoms with E-state index in [2.05, 4.69) is 11.2 Å². The minimum absolute atomic E-state index is 0.0269. The number of carbonyl (C=O) groups is 1. The minimum atomic E-state index is -0.632. The highest BCUT2D eigenvalue weighted by molar-refractivity contribution is 6.31. The van der Waals surface area contributed by atoms with Crippen molar-refractivity contribution in [3.63, 3.8) is 0 Å². The molecule has 0 radical (unpaired) electrons. The largest absolute Gasteiger partial charge is 0.444 e. The van der Waals surface area contributed by atoms with E-state index in [4.69, 9.17) is 22.1 Å². The van der Waals surface area contributed by atoms with Crippen LogP contribution in [-0.2, 0) is 16.6 Å². The number of halogens is 1. The van der Waals surface area contributed by atoms with Crippen LogP contribution in [0.4, 0.5) is 0 Å². The highest BCUT2D eigenvalue weighted by Crippen LogP contribution is 2.48. The predicted molar refractivity (Wildman–Crippen MR) is 83.9 cm³/mol. The standard InChI is InChI=1S/C16H17ClN4O2/c1-16(2)4-10(22)13-11(5-16)23-15(19)8(6-18)12(13)14-9(17)7-20-21(14)3/h7,12H,4-5,19H2,1-3H3/t12-/m1/s1. The quantitative estimate of drug-likeness (QED) is 0.852. The van der Waals surface area contributed by atoms with Crippen molar-refractivity contribution in [1.29, 1.82) is 5.26 Å². The van der Waals surface area contributed by atoms with E-state index in [1.54, 1.807) is 11.7 Å². The van der Waals surface area contributed by atoms with Gasteiger partial charge in [-0.1, -0.05) is 25.4 Å². The van der Waals surface area contributed by atoms with Crippen molar-refractivity contribution in [2.24, 2.45) is 18.2 Å². The molecule has 1 aromatic rings. The average Bonchev–Trinajstić information content (AvgIpc) is 2.75. The molecule has 0 amide bonds. The SMILES string of the molecule is Cn1ncc(Cl)c1[C@@H]1C(C#N)=C(N)OC2=C1C(=O)CC(C)(C)C2. The third-order valence-corrected chi connectivity index (χ3v) is 4.58. The van der Waals surface area contributed by atoms with Gasteiger partial charge in [-0.2, -0.15) is 10.4 Å². The molecule has 23 heavy (non-hydrogen) atoms. The summed E-state index contributed by atoms with van der Waals surface area (Å²) in [5.74, 6) is -0.116. The van der Waals surface area contributed by atoms with Gasteiger partial charge in [0.1, 0.15) is 17.4 Å². The molecule has 7 heteroatoms. The van der Waals surface area contributed by atoms with Crippen LogP contribution in [-0.4, -0.2) is 15.6 Å². The summed E-state index contributed by atoms with van der Waals surface area (Å²) in [5.41, 5.74) is 6.98. The molecule has 0 fully saturated rings. The molecule has 1 aromatic heterocycles. The first-order valence-electron chi connectivity index (χ1n) is 7.26. The molecule has 2 heterocycles. The third kappa shape index (κ3) is 2.41. The minimum Gasteiger partial charge on any atom is -0.444 e. The maximum Gasteiger partial charge on any atom is 0.205 e. The van der Waals surface area contributed by atoms with Crippen molar-refractivity contribution in [3.8, 4) is 6.07 Å². The molecule has 3 rings (SSSR count). The Morgan fingerprint density at radius 3 is 2.78 bits per heavy atom. The number of allylic oxidation sites excluding steroid dienone is 3. The van der Waals surface area contributed by atoms with Crippen molar-refractivity contribution in [3.05, 3.63) is 39.7 Å². The topological polar surface area (TPSA) is 93.9 Å². The van der Waals surface area contributed by atoms with E-state index in [1.165, 1.54) is 6.20 Å². The molecule has 0 aromatic carbocycles. The molecule has 0 bridgehead atoms. The number of hydrogen-bond donors (Lipinski definition) is 1. The fourth-order valence-electron chi connectivity index (χ4n) is 3.30. The second-order valence-electron chi connectivity index (χ2n) is 6.70. The van der Waals surface area contributed by atoms with E-state index in [1.807, 2.05) is 13.8 Å². The second-order valence-corrected chi connectivity index (χ2v) is 7.11. The molecule has 1 atom stereocenters. The number of nitriles is 1. The predicted octanol–water partition coefficient (Wildman–Crippen LogP) is 2.52. The van der Waals surface area contributed by atoms with Crippen LogP contribution in [0.5, 0.6) is 0 Å². The Morgan fingerprint density at radius 1 is 1.52 bits per heavy atom. The van der Waals surface area contributed by atoms with Gasteiger partial charge in [-0.3, -0.25) is 9.48 Å². The number of ketones is 1. The van der Waals surface area contributed by atoms with Crippen LogP contribution in [0.2, 0.25) is 5.02 Å². The van der Waals surface area contributed by atoms with Crippen LogP contribution in [0.15, 0.2) is 29.0 Å².